The van der Waals surface area contributed by atoms with E-state index in [2.05, 4.69) is 127 Å². The summed E-state index contributed by atoms with van der Waals surface area (Å²) in [4.78, 5) is 14.8. The molecule has 11 aromatic rings. The van der Waals surface area contributed by atoms with Crippen molar-refractivity contribution in [2.45, 2.75) is 0 Å². The van der Waals surface area contributed by atoms with Crippen molar-refractivity contribution in [3.8, 4) is 67.5 Å². The highest BCUT2D eigenvalue weighted by Crippen LogP contribution is 2.44. The van der Waals surface area contributed by atoms with E-state index in [1.54, 1.807) is 0 Å². The van der Waals surface area contributed by atoms with E-state index in [-0.39, 0.29) is 0 Å². The molecule has 0 aliphatic carbocycles. The molecule has 5 heteroatoms. The van der Waals surface area contributed by atoms with Crippen LogP contribution in [0.4, 0.5) is 0 Å². The summed E-state index contributed by atoms with van der Waals surface area (Å²) in [6.45, 7) is 0. The lowest BCUT2D eigenvalue weighted by atomic mass is 9.95. The van der Waals surface area contributed by atoms with Crippen LogP contribution in [0.5, 0.6) is 0 Å². The molecule has 0 aliphatic heterocycles. The van der Waals surface area contributed by atoms with Crippen molar-refractivity contribution in [2.24, 2.45) is 0 Å². The second-order valence-electron chi connectivity index (χ2n) is 14.0. The number of fused-ring (bicyclic) bond motifs is 6. The second-order valence-corrected chi connectivity index (χ2v) is 16.1. The van der Waals surface area contributed by atoms with Crippen molar-refractivity contribution in [3.05, 3.63) is 188 Å². The zero-order valence-electron chi connectivity index (χ0n) is 30.1. The summed E-state index contributed by atoms with van der Waals surface area (Å²) in [5.41, 5.74) is 10.1. The van der Waals surface area contributed by atoms with Crippen molar-refractivity contribution in [2.75, 3.05) is 0 Å². The Hall–Kier alpha value is -6.79. The molecule has 0 aliphatic rings. The summed E-state index contributed by atoms with van der Waals surface area (Å²) >= 11 is 3.73. The first kappa shape index (κ1) is 32.6. The molecule has 0 atom stereocenters. The maximum Gasteiger partial charge on any atom is 0.164 e. The average molecular weight is 750 g/mol. The third kappa shape index (κ3) is 5.68. The Morgan fingerprint density at radius 2 is 0.804 bits per heavy atom. The largest absolute Gasteiger partial charge is 0.208 e. The van der Waals surface area contributed by atoms with Crippen LogP contribution in [0.1, 0.15) is 0 Å². The van der Waals surface area contributed by atoms with E-state index in [1.165, 1.54) is 62.6 Å². The van der Waals surface area contributed by atoms with Crippen LogP contribution < -0.4 is 0 Å². The van der Waals surface area contributed by atoms with Crippen LogP contribution in [-0.4, -0.2) is 15.0 Å². The van der Waals surface area contributed by atoms with Gasteiger partial charge in [0.25, 0.3) is 0 Å². The van der Waals surface area contributed by atoms with Gasteiger partial charge in [-0.3, -0.25) is 0 Å². The van der Waals surface area contributed by atoms with Gasteiger partial charge in [0.05, 0.1) is 0 Å². The smallest absolute Gasteiger partial charge is 0.164 e. The summed E-state index contributed by atoms with van der Waals surface area (Å²) in [7, 11) is 0. The van der Waals surface area contributed by atoms with Crippen molar-refractivity contribution in [3.63, 3.8) is 0 Å². The lowest BCUT2D eigenvalue weighted by Gasteiger charge is -2.10. The second kappa shape index (κ2) is 13.5. The fourth-order valence-corrected chi connectivity index (χ4v) is 10.3. The molecule has 3 nitrogen and oxygen atoms in total. The first-order valence-corrected chi connectivity index (χ1v) is 20.3. The van der Waals surface area contributed by atoms with Gasteiger partial charge in [-0.2, -0.15) is 0 Å². The van der Waals surface area contributed by atoms with E-state index >= 15 is 0 Å². The molecule has 3 heterocycles. The highest BCUT2D eigenvalue weighted by molar-refractivity contribution is 7.26. The minimum absolute atomic E-state index is 0.651. The highest BCUT2D eigenvalue weighted by Gasteiger charge is 2.16. The standard InChI is InChI=1S/C51H31N3S2/c1-3-13-32(14-4-1)49-52-50(33-15-5-2-6-16-33)54-51(53-49)38-20-9-17-34(29-38)35-27-28-43-46(31-35)55-45-26-12-22-39(47(43)45)36-18-10-19-37(30-36)40-23-11-24-42-41-21-7-8-25-44(41)56-48(40)42/h1-31H. The molecule has 0 unspecified atom stereocenters. The van der Waals surface area contributed by atoms with Crippen molar-refractivity contribution >= 4 is 63.0 Å². The zero-order valence-corrected chi connectivity index (χ0v) is 31.7. The van der Waals surface area contributed by atoms with Crippen LogP contribution in [-0.2, 0) is 0 Å². The normalized spacial score (nSPS) is 11.6. The van der Waals surface area contributed by atoms with E-state index in [4.69, 9.17) is 15.0 Å². The van der Waals surface area contributed by atoms with Crippen LogP contribution in [0.2, 0.25) is 0 Å². The third-order valence-corrected chi connectivity index (χ3v) is 12.9. The summed E-state index contributed by atoms with van der Waals surface area (Å²) in [5.74, 6) is 1.97. The predicted molar refractivity (Wildman–Crippen MR) is 238 cm³/mol. The highest BCUT2D eigenvalue weighted by atomic mass is 32.1. The summed E-state index contributed by atoms with van der Waals surface area (Å²) in [5, 5.41) is 5.22. The number of aromatic nitrogens is 3. The van der Waals surface area contributed by atoms with Crippen LogP contribution >= 0.6 is 22.7 Å². The van der Waals surface area contributed by atoms with Gasteiger partial charge in [-0.25, -0.2) is 15.0 Å². The van der Waals surface area contributed by atoms with E-state index in [0.717, 1.165) is 27.8 Å². The Morgan fingerprint density at radius 1 is 0.286 bits per heavy atom. The van der Waals surface area contributed by atoms with Crippen molar-refractivity contribution in [1.29, 1.82) is 0 Å². The lowest BCUT2D eigenvalue weighted by Crippen LogP contribution is -2.00. The van der Waals surface area contributed by atoms with E-state index < -0.39 is 0 Å². The van der Waals surface area contributed by atoms with Crippen molar-refractivity contribution in [1.82, 2.24) is 15.0 Å². The molecular weight excluding hydrogens is 719 g/mol. The molecule has 3 aromatic heterocycles. The summed E-state index contributed by atoms with van der Waals surface area (Å²) < 4.78 is 5.21. The maximum absolute atomic E-state index is 4.98. The molecule has 0 bridgehead atoms. The number of hydrogen-bond acceptors (Lipinski definition) is 5. The van der Waals surface area contributed by atoms with Crippen LogP contribution in [0.25, 0.3) is 108 Å². The molecule has 8 aromatic carbocycles. The first-order chi connectivity index (χ1) is 27.7. The van der Waals surface area contributed by atoms with Gasteiger partial charge >= 0.3 is 0 Å². The molecule has 0 radical (unpaired) electrons. The van der Waals surface area contributed by atoms with E-state index in [9.17, 15) is 0 Å². The Labute approximate surface area is 331 Å². The van der Waals surface area contributed by atoms with E-state index in [0.29, 0.717) is 17.5 Å². The average Bonchev–Trinajstić information content (AvgIpc) is 3.85. The summed E-state index contributed by atoms with van der Waals surface area (Å²) in [6, 6.07) is 66.9. The Kier molecular flexibility index (Phi) is 7.87. The summed E-state index contributed by atoms with van der Waals surface area (Å²) in [6.07, 6.45) is 0. The number of nitrogens with zero attached hydrogens (tertiary/aromatic N) is 3. The molecule has 262 valence electrons. The SMILES string of the molecule is c1ccc(-c2nc(-c3ccccc3)nc(-c3cccc(-c4ccc5c(c4)sc4cccc(-c6cccc(-c7cccc8c7sc7ccccc78)c6)c45)c3)n2)cc1. The predicted octanol–water partition coefficient (Wildman–Crippen LogP) is 14.6. The topological polar surface area (TPSA) is 38.7 Å². The Morgan fingerprint density at radius 3 is 1.57 bits per heavy atom. The van der Waals surface area contributed by atoms with Gasteiger partial charge < -0.3 is 0 Å². The van der Waals surface area contributed by atoms with Crippen LogP contribution in [0.3, 0.4) is 0 Å². The minimum Gasteiger partial charge on any atom is -0.208 e. The monoisotopic (exact) mass is 749 g/mol. The number of thiophene rings is 2. The quantitative estimate of drug-likeness (QED) is 0.170. The van der Waals surface area contributed by atoms with Crippen molar-refractivity contribution < 1.29 is 0 Å². The molecule has 0 N–H and O–H groups in total. The van der Waals surface area contributed by atoms with Crippen LogP contribution in [0.15, 0.2) is 188 Å². The molecule has 0 amide bonds. The minimum atomic E-state index is 0.651. The molecule has 0 saturated carbocycles. The molecule has 56 heavy (non-hydrogen) atoms. The van der Waals surface area contributed by atoms with Gasteiger partial charge in [0.2, 0.25) is 0 Å². The molecule has 0 fully saturated rings. The van der Waals surface area contributed by atoms with Gasteiger partial charge in [0.15, 0.2) is 17.5 Å². The van der Waals surface area contributed by atoms with Gasteiger partial charge in [-0.05, 0) is 63.7 Å². The van der Waals surface area contributed by atoms with E-state index in [1.807, 2.05) is 83.3 Å². The fourth-order valence-electron chi connectivity index (χ4n) is 7.85. The Balaban J connectivity index is 0.983. The molecule has 0 saturated heterocycles. The first-order valence-electron chi connectivity index (χ1n) is 18.7. The van der Waals surface area contributed by atoms with Gasteiger partial charge in [-0.15, -0.1) is 22.7 Å². The fraction of sp³-hybridized carbons (Fsp3) is 0. The maximum atomic E-state index is 4.98. The lowest BCUT2D eigenvalue weighted by molar-refractivity contribution is 1.07. The Bertz CT molecular complexity index is 3200. The molecule has 11 rings (SSSR count). The molecule has 0 spiro atoms. The van der Waals surface area contributed by atoms with Gasteiger partial charge in [0, 0.05) is 57.0 Å². The zero-order chi connectivity index (χ0) is 37.0. The third-order valence-electron chi connectivity index (χ3n) is 10.5. The molecular formula is C51H31N3S2. The van der Waals surface area contributed by atoms with Crippen LogP contribution in [0, 0.1) is 0 Å². The number of benzene rings is 8. The van der Waals surface area contributed by atoms with Gasteiger partial charge in [-0.1, -0.05) is 158 Å². The number of hydrogen-bond donors (Lipinski definition) is 0. The number of rotatable bonds is 6. The van der Waals surface area contributed by atoms with Gasteiger partial charge in [0.1, 0.15) is 0 Å².